The Morgan fingerprint density at radius 3 is 1.65 bits per heavy atom. The smallest absolute Gasteiger partial charge is 0.420 e. The maximum Gasteiger partial charge on any atom is 0.420 e. The van der Waals surface area contributed by atoms with Crippen molar-refractivity contribution in [2.45, 2.75) is 26.2 Å². The van der Waals surface area contributed by atoms with Gasteiger partial charge >= 0.3 is 24.4 Å². The number of alkyl halides is 6. The first kappa shape index (κ1) is 37.5. The molecule has 262 valence electrons. The third kappa shape index (κ3) is 8.71. The van der Waals surface area contributed by atoms with Gasteiger partial charge in [-0.2, -0.15) is 35.7 Å². The Kier molecular flexibility index (Phi) is 11.1. The summed E-state index contributed by atoms with van der Waals surface area (Å²) in [7, 11) is 2.69. The first-order chi connectivity index (χ1) is 22.7. The van der Waals surface area contributed by atoms with Gasteiger partial charge in [0.05, 0.1) is 21.2 Å². The average molecular weight is 723 g/mol. The number of ether oxygens (including phenoxy) is 2. The Balaban J connectivity index is 0.000000266. The summed E-state index contributed by atoms with van der Waals surface area (Å²) in [4.78, 5) is 42.6. The maximum absolute atomic E-state index is 13.1. The average Bonchev–Trinajstić information content (AvgIpc) is 3.53. The lowest BCUT2D eigenvalue weighted by Crippen LogP contribution is -2.26. The summed E-state index contributed by atoms with van der Waals surface area (Å²) in [6.45, 7) is 2.92. The van der Waals surface area contributed by atoms with Gasteiger partial charge in [-0.15, -0.1) is 10.2 Å². The van der Waals surface area contributed by atoms with Crippen LogP contribution in [0.2, 0.25) is 5.02 Å². The number of hydrogen-bond acceptors (Lipinski definition) is 10. The van der Waals surface area contributed by atoms with Crippen molar-refractivity contribution < 1.29 is 55.3 Å². The largest absolute Gasteiger partial charge is 0.437 e. The maximum atomic E-state index is 13.1. The standard InChI is InChI=1S/C13H10ClF3N4O4.C13H11F3N4O4/c1-6-10(14)11(19-20(6)12(22)18-2)25-9-4-3-7(21(23)24)5-8(9)13(15,16)17;1-7-5-11(18-19(7)12(21)17-2)24-10-4-3-8(20(22)23)6-9(10)13(14,15)16/h3-5H,1-2H3,(H,18,22);3-6H,1-2H3,(H,17,21). The quantitative estimate of drug-likeness (QED) is 0.121. The molecule has 49 heavy (non-hydrogen) atoms. The lowest BCUT2D eigenvalue weighted by molar-refractivity contribution is -0.385. The van der Waals surface area contributed by atoms with Crippen LogP contribution in [0.1, 0.15) is 22.5 Å². The monoisotopic (exact) mass is 722 g/mol. The van der Waals surface area contributed by atoms with E-state index in [1.807, 2.05) is 0 Å². The third-order valence-corrected chi connectivity index (χ3v) is 6.51. The molecule has 4 aromatic rings. The van der Waals surface area contributed by atoms with E-state index in [-0.39, 0.29) is 16.6 Å². The van der Waals surface area contributed by atoms with Crippen molar-refractivity contribution in [2.75, 3.05) is 14.1 Å². The van der Waals surface area contributed by atoms with Gasteiger partial charge in [0.25, 0.3) is 17.3 Å². The van der Waals surface area contributed by atoms with Gasteiger partial charge in [-0.3, -0.25) is 20.2 Å². The Hall–Kier alpha value is -5.93. The summed E-state index contributed by atoms with van der Waals surface area (Å²) in [6.07, 6.45) is -9.77. The molecule has 2 aromatic heterocycles. The van der Waals surface area contributed by atoms with Gasteiger partial charge in [0.15, 0.2) is 0 Å². The van der Waals surface area contributed by atoms with Crippen molar-refractivity contribution in [1.29, 1.82) is 0 Å². The van der Waals surface area contributed by atoms with Crippen LogP contribution in [0.4, 0.5) is 47.3 Å². The molecule has 23 heteroatoms. The molecule has 2 N–H and O–H groups in total. The van der Waals surface area contributed by atoms with E-state index in [1.54, 1.807) is 0 Å². The number of nitrogens with one attached hydrogen (secondary N) is 2. The summed E-state index contributed by atoms with van der Waals surface area (Å²) in [5.74, 6) is -2.09. The number of aromatic nitrogens is 4. The Labute approximate surface area is 274 Å². The van der Waals surface area contributed by atoms with Crippen LogP contribution in [-0.2, 0) is 12.4 Å². The van der Waals surface area contributed by atoms with Crippen LogP contribution in [0, 0.1) is 34.1 Å². The van der Waals surface area contributed by atoms with E-state index < -0.39 is 74.1 Å². The van der Waals surface area contributed by atoms with Crippen molar-refractivity contribution in [2.24, 2.45) is 0 Å². The molecule has 0 unspecified atom stereocenters. The number of carbonyl (C=O) groups is 2. The number of benzene rings is 2. The van der Waals surface area contributed by atoms with Crippen LogP contribution < -0.4 is 20.1 Å². The van der Waals surface area contributed by atoms with Crippen molar-refractivity contribution in [1.82, 2.24) is 30.2 Å². The van der Waals surface area contributed by atoms with Crippen LogP contribution >= 0.6 is 11.6 Å². The zero-order valence-electron chi connectivity index (χ0n) is 25.1. The number of amides is 2. The SMILES string of the molecule is CNC(=O)n1nc(Oc2ccc([N+](=O)[O-])cc2C(F)(F)F)c(Cl)c1C.CNC(=O)n1nc(Oc2ccc([N+](=O)[O-])cc2C(F)(F)F)cc1C. The minimum Gasteiger partial charge on any atom is -0.437 e. The van der Waals surface area contributed by atoms with Gasteiger partial charge < -0.3 is 20.1 Å². The zero-order valence-corrected chi connectivity index (χ0v) is 25.9. The number of non-ortho nitro benzene ring substituents is 2. The molecule has 0 radical (unpaired) electrons. The van der Waals surface area contributed by atoms with Gasteiger partial charge in [-0.25, -0.2) is 9.59 Å². The fraction of sp³-hybridized carbons (Fsp3) is 0.231. The lowest BCUT2D eigenvalue weighted by Gasteiger charge is -2.12. The van der Waals surface area contributed by atoms with Crippen molar-refractivity contribution in [3.05, 3.63) is 90.2 Å². The van der Waals surface area contributed by atoms with Crippen LogP contribution in [0.5, 0.6) is 23.3 Å². The summed E-state index contributed by atoms with van der Waals surface area (Å²) in [6, 6.07) is 4.05. The molecule has 0 saturated heterocycles. The molecule has 0 aliphatic carbocycles. The van der Waals surface area contributed by atoms with Gasteiger partial charge in [0, 0.05) is 44.4 Å². The van der Waals surface area contributed by atoms with E-state index >= 15 is 0 Å². The number of hydrogen-bond donors (Lipinski definition) is 2. The second-order valence-corrected chi connectivity index (χ2v) is 9.72. The topological polar surface area (TPSA) is 199 Å². The molecule has 2 amide bonds. The predicted molar refractivity (Wildman–Crippen MR) is 155 cm³/mol. The number of nitrogens with zero attached hydrogens (tertiary/aromatic N) is 6. The van der Waals surface area contributed by atoms with Crippen LogP contribution in [0.15, 0.2) is 42.5 Å². The second-order valence-electron chi connectivity index (χ2n) is 9.34. The molecule has 0 atom stereocenters. The molecule has 0 saturated carbocycles. The highest BCUT2D eigenvalue weighted by molar-refractivity contribution is 6.32. The van der Waals surface area contributed by atoms with Crippen LogP contribution in [-0.4, -0.2) is 55.6 Å². The molecule has 2 aromatic carbocycles. The summed E-state index contributed by atoms with van der Waals surface area (Å²) in [5, 5.41) is 33.2. The molecule has 16 nitrogen and oxygen atoms in total. The fourth-order valence-electron chi connectivity index (χ4n) is 3.73. The Morgan fingerprint density at radius 1 is 0.776 bits per heavy atom. The van der Waals surface area contributed by atoms with Gasteiger partial charge in [-0.05, 0) is 26.0 Å². The van der Waals surface area contributed by atoms with Gasteiger partial charge in [-0.1, -0.05) is 11.6 Å². The van der Waals surface area contributed by atoms with Crippen LogP contribution in [0.3, 0.4) is 0 Å². The minimum atomic E-state index is -4.91. The molecule has 0 bridgehead atoms. The van der Waals surface area contributed by atoms with Gasteiger partial charge in [0.1, 0.15) is 27.6 Å². The van der Waals surface area contributed by atoms with E-state index in [9.17, 15) is 56.2 Å². The predicted octanol–water partition coefficient (Wildman–Crippen LogP) is 6.85. The second kappa shape index (κ2) is 14.5. The molecule has 2 heterocycles. The first-order valence-electron chi connectivity index (χ1n) is 13.0. The summed E-state index contributed by atoms with van der Waals surface area (Å²) in [5.41, 5.74) is -3.68. The molecule has 0 spiro atoms. The van der Waals surface area contributed by atoms with Crippen LogP contribution in [0.25, 0.3) is 0 Å². The zero-order chi connectivity index (χ0) is 37.0. The number of rotatable bonds is 6. The van der Waals surface area contributed by atoms with Crippen molar-refractivity contribution in [3.63, 3.8) is 0 Å². The van der Waals surface area contributed by atoms with Gasteiger partial charge in [0.2, 0.25) is 5.88 Å². The molecule has 0 aliphatic rings. The van der Waals surface area contributed by atoms with E-state index in [1.165, 1.54) is 34.0 Å². The third-order valence-electron chi connectivity index (χ3n) is 6.07. The van der Waals surface area contributed by atoms with E-state index in [0.29, 0.717) is 17.8 Å². The fourth-order valence-corrected chi connectivity index (χ4v) is 3.89. The molecule has 4 rings (SSSR count). The van der Waals surface area contributed by atoms with E-state index in [2.05, 4.69) is 20.8 Å². The minimum absolute atomic E-state index is 0.145. The molecule has 0 aliphatic heterocycles. The highest BCUT2D eigenvalue weighted by Crippen LogP contribution is 2.42. The Bertz CT molecular complexity index is 1930. The summed E-state index contributed by atoms with van der Waals surface area (Å²) < 4.78 is 90.5. The molecular formula is C26H21ClF6N8O8. The van der Waals surface area contributed by atoms with Crippen molar-refractivity contribution in [3.8, 4) is 23.3 Å². The number of aryl methyl sites for hydroxylation is 1. The number of halogens is 7. The lowest BCUT2D eigenvalue weighted by atomic mass is 10.1. The molecular weight excluding hydrogens is 702 g/mol. The highest BCUT2D eigenvalue weighted by Gasteiger charge is 2.38. The van der Waals surface area contributed by atoms with E-state index in [4.69, 9.17) is 21.1 Å². The Morgan fingerprint density at radius 2 is 1.22 bits per heavy atom. The normalized spacial score (nSPS) is 11.2. The number of nitro groups is 2. The highest BCUT2D eigenvalue weighted by atomic mass is 35.5. The van der Waals surface area contributed by atoms with Crippen molar-refractivity contribution >= 4 is 35.0 Å². The molecule has 0 fully saturated rings. The number of carbonyl (C=O) groups excluding carboxylic acids is 2. The summed E-state index contributed by atoms with van der Waals surface area (Å²) >= 11 is 5.94. The number of nitro benzene ring substituents is 2. The first-order valence-corrected chi connectivity index (χ1v) is 13.4. The van der Waals surface area contributed by atoms with E-state index in [0.717, 1.165) is 33.6 Å².